The SMILES string of the molecule is Cc1nn2cccnc2c1C(=O)OCc1ccn(-c2ccccc2)n1. The molecule has 124 valence electrons. The van der Waals surface area contributed by atoms with Crippen molar-refractivity contribution in [1.29, 1.82) is 0 Å². The summed E-state index contributed by atoms with van der Waals surface area (Å²) in [5.74, 6) is -0.458. The molecule has 0 bridgehead atoms. The van der Waals surface area contributed by atoms with Gasteiger partial charge < -0.3 is 4.74 Å². The predicted molar refractivity (Wildman–Crippen MR) is 90.4 cm³/mol. The van der Waals surface area contributed by atoms with Crippen LogP contribution in [0.3, 0.4) is 0 Å². The Kier molecular flexibility index (Phi) is 3.74. The van der Waals surface area contributed by atoms with Crippen LogP contribution in [0.25, 0.3) is 11.3 Å². The Bertz CT molecular complexity index is 1040. The first-order valence-electron chi connectivity index (χ1n) is 7.79. The van der Waals surface area contributed by atoms with Gasteiger partial charge in [-0.15, -0.1) is 0 Å². The molecule has 0 saturated heterocycles. The van der Waals surface area contributed by atoms with Crippen molar-refractivity contribution in [3.05, 3.63) is 78.0 Å². The Morgan fingerprint density at radius 1 is 1.08 bits per heavy atom. The molecular formula is C18H15N5O2. The van der Waals surface area contributed by atoms with Gasteiger partial charge >= 0.3 is 5.97 Å². The van der Waals surface area contributed by atoms with Crippen LogP contribution in [0.5, 0.6) is 0 Å². The minimum Gasteiger partial charge on any atom is -0.455 e. The summed E-state index contributed by atoms with van der Waals surface area (Å²) < 4.78 is 8.71. The van der Waals surface area contributed by atoms with Gasteiger partial charge in [0.15, 0.2) is 5.65 Å². The van der Waals surface area contributed by atoms with E-state index < -0.39 is 5.97 Å². The lowest BCUT2D eigenvalue weighted by atomic mass is 10.2. The zero-order chi connectivity index (χ0) is 17.2. The molecule has 3 heterocycles. The van der Waals surface area contributed by atoms with Gasteiger partial charge in [-0.2, -0.15) is 10.2 Å². The first-order chi connectivity index (χ1) is 12.2. The fourth-order valence-corrected chi connectivity index (χ4v) is 2.61. The number of hydrogen-bond acceptors (Lipinski definition) is 5. The minimum absolute atomic E-state index is 0.0856. The fraction of sp³-hybridized carbons (Fsp3) is 0.111. The Morgan fingerprint density at radius 3 is 2.76 bits per heavy atom. The highest BCUT2D eigenvalue weighted by atomic mass is 16.5. The summed E-state index contributed by atoms with van der Waals surface area (Å²) >= 11 is 0. The van der Waals surface area contributed by atoms with Gasteiger partial charge in [0, 0.05) is 18.6 Å². The molecule has 25 heavy (non-hydrogen) atoms. The summed E-state index contributed by atoms with van der Waals surface area (Å²) in [7, 11) is 0. The second-order valence-corrected chi connectivity index (χ2v) is 5.51. The molecule has 0 spiro atoms. The van der Waals surface area contributed by atoms with E-state index in [-0.39, 0.29) is 6.61 Å². The molecular weight excluding hydrogens is 318 g/mol. The van der Waals surface area contributed by atoms with Crippen molar-refractivity contribution in [2.45, 2.75) is 13.5 Å². The zero-order valence-electron chi connectivity index (χ0n) is 13.5. The van der Waals surface area contributed by atoms with Gasteiger partial charge in [-0.1, -0.05) is 18.2 Å². The lowest BCUT2D eigenvalue weighted by Crippen LogP contribution is -2.07. The van der Waals surface area contributed by atoms with Crippen molar-refractivity contribution < 1.29 is 9.53 Å². The van der Waals surface area contributed by atoms with Crippen molar-refractivity contribution in [1.82, 2.24) is 24.4 Å². The summed E-state index contributed by atoms with van der Waals surface area (Å²) in [6.07, 6.45) is 5.20. The van der Waals surface area contributed by atoms with Gasteiger partial charge in [0.1, 0.15) is 17.9 Å². The van der Waals surface area contributed by atoms with Crippen LogP contribution >= 0.6 is 0 Å². The van der Waals surface area contributed by atoms with Gasteiger partial charge in [-0.25, -0.2) is 19.0 Å². The van der Waals surface area contributed by atoms with E-state index in [0.717, 1.165) is 5.69 Å². The standard InChI is InChI=1S/C18H15N5O2/c1-13-16(17-19-9-5-10-23(17)20-13)18(24)25-12-14-8-11-22(21-14)15-6-3-2-4-7-15/h2-11H,12H2,1H3. The van der Waals surface area contributed by atoms with Gasteiger partial charge in [-0.05, 0) is 31.2 Å². The van der Waals surface area contributed by atoms with Crippen LogP contribution in [0, 0.1) is 6.92 Å². The summed E-state index contributed by atoms with van der Waals surface area (Å²) in [6.45, 7) is 1.84. The quantitative estimate of drug-likeness (QED) is 0.537. The Hall–Kier alpha value is -3.48. The van der Waals surface area contributed by atoms with Crippen LogP contribution in [0.15, 0.2) is 61.1 Å². The number of ether oxygens (including phenoxy) is 1. The summed E-state index contributed by atoms with van der Waals surface area (Å²) in [4.78, 5) is 16.6. The molecule has 0 aliphatic heterocycles. The maximum absolute atomic E-state index is 12.4. The number of carbonyl (C=O) groups is 1. The van der Waals surface area contributed by atoms with E-state index >= 15 is 0 Å². The average molecular weight is 333 g/mol. The molecule has 0 atom stereocenters. The molecule has 4 aromatic rings. The third-order valence-corrected chi connectivity index (χ3v) is 3.79. The number of rotatable bonds is 4. The fourth-order valence-electron chi connectivity index (χ4n) is 2.61. The summed E-state index contributed by atoms with van der Waals surface area (Å²) in [5.41, 5.74) is 3.06. The number of fused-ring (bicyclic) bond motifs is 1. The molecule has 0 amide bonds. The van der Waals surface area contributed by atoms with Crippen molar-refractivity contribution in [3.8, 4) is 5.69 Å². The molecule has 0 unspecified atom stereocenters. The number of aryl methyl sites for hydroxylation is 1. The molecule has 7 nitrogen and oxygen atoms in total. The van der Waals surface area contributed by atoms with E-state index in [1.807, 2.05) is 42.6 Å². The third kappa shape index (κ3) is 2.87. The molecule has 4 rings (SSSR count). The molecule has 0 N–H and O–H groups in total. The highest BCUT2D eigenvalue weighted by molar-refractivity contribution is 5.97. The van der Waals surface area contributed by atoms with Gasteiger partial charge in [0.2, 0.25) is 0 Å². The molecule has 0 saturated carbocycles. The molecule has 0 radical (unpaired) electrons. The Balaban J connectivity index is 1.51. The van der Waals surface area contributed by atoms with E-state index in [4.69, 9.17) is 4.74 Å². The summed E-state index contributed by atoms with van der Waals surface area (Å²) in [5, 5.41) is 8.69. The average Bonchev–Trinajstić information content (AvgIpc) is 3.24. The second-order valence-electron chi connectivity index (χ2n) is 5.51. The maximum Gasteiger partial charge on any atom is 0.344 e. The Morgan fingerprint density at radius 2 is 1.92 bits per heavy atom. The van der Waals surface area contributed by atoms with Crippen molar-refractivity contribution in [2.24, 2.45) is 0 Å². The zero-order valence-corrected chi connectivity index (χ0v) is 13.5. The van der Waals surface area contributed by atoms with Gasteiger partial charge in [-0.3, -0.25) is 0 Å². The molecule has 0 aliphatic rings. The van der Waals surface area contributed by atoms with Crippen LogP contribution in [-0.4, -0.2) is 30.3 Å². The summed E-state index contributed by atoms with van der Waals surface area (Å²) in [6, 6.07) is 13.3. The number of benzene rings is 1. The number of esters is 1. The normalized spacial score (nSPS) is 10.9. The van der Waals surface area contributed by atoms with E-state index in [0.29, 0.717) is 22.6 Å². The van der Waals surface area contributed by atoms with Crippen LogP contribution in [0.2, 0.25) is 0 Å². The van der Waals surface area contributed by atoms with Crippen LogP contribution in [-0.2, 0) is 11.3 Å². The lowest BCUT2D eigenvalue weighted by molar-refractivity contribution is 0.0468. The molecule has 0 aliphatic carbocycles. The topological polar surface area (TPSA) is 74.3 Å². The van der Waals surface area contributed by atoms with Gasteiger partial charge in [0.05, 0.1) is 11.4 Å². The first-order valence-corrected chi connectivity index (χ1v) is 7.79. The molecule has 3 aromatic heterocycles. The van der Waals surface area contributed by atoms with E-state index in [1.165, 1.54) is 0 Å². The molecule has 0 fully saturated rings. The third-order valence-electron chi connectivity index (χ3n) is 3.79. The largest absolute Gasteiger partial charge is 0.455 e. The smallest absolute Gasteiger partial charge is 0.344 e. The molecule has 1 aromatic carbocycles. The Labute approximate surface area is 143 Å². The number of nitrogens with zero attached hydrogens (tertiary/aromatic N) is 5. The van der Waals surface area contributed by atoms with E-state index in [9.17, 15) is 4.79 Å². The van der Waals surface area contributed by atoms with E-state index in [2.05, 4.69) is 15.2 Å². The van der Waals surface area contributed by atoms with Crippen LogP contribution in [0.4, 0.5) is 0 Å². The maximum atomic E-state index is 12.4. The van der Waals surface area contributed by atoms with Crippen molar-refractivity contribution in [2.75, 3.05) is 0 Å². The van der Waals surface area contributed by atoms with E-state index in [1.54, 1.807) is 34.6 Å². The van der Waals surface area contributed by atoms with Crippen molar-refractivity contribution in [3.63, 3.8) is 0 Å². The monoisotopic (exact) mass is 333 g/mol. The molecule has 7 heteroatoms. The van der Waals surface area contributed by atoms with Crippen molar-refractivity contribution >= 4 is 11.6 Å². The number of hydrogen-bond donors (Lipinski definition) is 0. The second kappa shape index (κ2) is 6.20. The van der Waals surface area contributed by atoms with Gasteiger partial charge in [0.25, 0.3) is 0 Å². The first kappa shape index (κ1) is 15.1. The van der Waals surface area contributed by atoms with Crippen LogP contribution < -0.4 is 0 Å². The lowest BCUT2D eigenvalue weighted by Gasteiger charge is -2.03. The number of carbonyl (C=O) groups excluding carboxylic acids is 1. The highest BCUT2D eigenvalue weighted by Gasteiger charge is 2.19. The highest BCUT2D eigenvalue weighted by Crippen LogP contribution is 2.15. The number of aromatic nitrogens is 5. The number of para-hydroxylation sites is 1. The van der Waals surface area contributed by atoms with Crippen LogP contribution in [0.1, 0.15) is 21.7 Å². The predicted octanol–water partition coefficient (Wildman–Crippen LogP) is 2.58. The minimum atomic E-state index is -0.458.